The summed E-state index contributed by atoms with van der Waals surface area (Å²) in [5.41, 5.74) is 6.65. The molecule has 0 aliphatic carbocycles. The summed E-state index contributed by atoms with van der Waals surface area (Å²) in [6, 6.07) is 1.85. The molecular formula is C11H19N3O. The topological polar surface area (TPSA) is 61.0 Å². The SMILES string of the molecule is CCc1cc(OCC(C)(N)CC)ncn1. The van der Waals surface area contributed by atoms with E-state index < -0.39 is 0 Å². The standard InChI is InChI=1S/C11H19N3O/c1-4-9-6-10(14-8-13-9)15-7-11(3,12)5-2/h6,8H,4-5,7,12H2,1-3H3. The van der Waals surface area contributed by atoms with E-state index in [-0.39, 0.29) is 5.54 Å². The monoisotopic (exact) mass is 209 g/mol. The van der Waals surface area contributed by atoms with Crippen LogP contribution in [0.1, 0.15) is 32.9 Å². The van der Waals surface area contributed by atoms with Gasteiger partial charge in [-0.05, 0) is 19.8 Å². The van der Waals surface area contributed by atoms with E-state index in [4.69, 9.17) is 10.5 Å². The highest BCUT2D eigenvalue weighted by Gasteiger charge is 2.16. The molecule has 0 aliphatic rings. The molecule has 1 aromatic heterocycles. The highest BCUT2D eigenvalue weighted by atomic mass is 16.5. The Balaban J connectivity index is 2.57. The summed E-state index contributed by atoms with van der Waals surface area (Å²) >= 11 is 0. The van der Waals surface area contributed by atoms with Gasteiger partial charge in [0.25, 0.3) is 0 Å². The number of aryl methyl sites for hydroxylation is 1. The molecule has 0 bridgehead atoms. The molecule has 0 amide bonds. The first-order valence-electron chi connectivity index (χ1n) is 5.30. The molecule has 1 rings (SSSR count). The summed E-state index contributed by atoms with van der Waals surface area (Å²) in [6.07, 6.45) is 3.28. The third-order valence-corrected chi connectivity index (χ3v) is 2.42. The van der Waals surface area contributed by atoms with Gasteiger partial charge in [0.05, 0.1) is 0 Å². The van der Waals surface area contributed by atoms with Crippen LogP contribution in [-0.2, 0) is 6.42 Å². The Morgan fingerprint density at radius 1 is 1.40 bits per heavy atom. The van der Waals surface area contributed by atoms with Crippen LogP contribution in [-0.4, -0.2) is 22.1 Å². The molecule has 84 valence electrons. The Morgan fingerprint density at radius 2 is 2.13 bits per heavy atom. The highest BCUT2D eigenvalue weighted by molar-refractivity contribution is 5.13. The maximum Gasteiger partial charge on any atom is 0.216 e. The van der Waals surface area contributed by atoms with Crippen LogP contribution in [0.15, 0.2) is 12.4 Å². The van der Waals surface area contributed by atoms with Crippen LogP contribution in [0.5, 0.6) is 5.88 Å². The largest absolute Gasteiger partial charge is 0.476 e. The molecule has 1 aromatic rings. The van der Waals surface area contributed by atoms with Crippen LogP contribution in [0, 0.1) is 0 Å². The average molecular weight is 209 g/mol. The zero-order valence-electron chi connectivity index (χ0n) is 9.66. The Labute approximate surface area is 90.9 Å². The molecular weight excluding hydrogens is 190 g/mol. The number of nitrogens with two attached hydrogens (primary N) is 1. The summed E-state index contributed by atoms with van der Waals surface area (Å²) in [5, 5.41) is 0. The van der Waals surface area contributed by atoms with Gasteiger partial charge in [0, 0.05) is 17.3 Å². The van der Waals surface area contributed by atoms with Gasteiger partial charge in [0.15, 0.2) is 0 Å². The summed E-state index contributed by atoms with van der Waals surface area (Å²) in [4.78, 5) is 8.14. The van der Waals surface area contributed by atoms with Gasteiger partial charge < -0.3 is 10.5 Å². The molecule has 0 aromatic carbocycles. The van der Waals surface area contributed by atoms with E-state index in [1.807, 2.05) is 26.8 Å². The lowest BCUT2D eigenvalue weighted by molar-refractivity contribution is 0.218. The zero-order chi connectivity index (χ0) is 11.3. The number of nitrogens with zero attached hydrogens (tertiary/aromatic N) is 2. The normalized spacial score (nSPS) is 14.7. The molecule has 0 aliphatic heterocycles. The van der Waals surface area contributed by atoms with Crippen LogP contribution in [0.3, 0.4) is 0 Å². The van der Waals surface area contributed by atoms with Crippen LogP contribution < -0.4 is 10.5 Å². The van der Waals surface area contributed by atoms with E-state index in [1.54, 1.807) is 0 Å². The van der Waals surface area contributed by atoms with Crippen LogP contribution >= 0.6 is 0 Å². The summed E-state index contributed by atoms with van der Waals surface area (Å²) in [6.45, 7) is 6.53. The molecule has 2 N–H and O–H groups in total. The number of hydrogen-bond donors (Lipinski definition) is 1. The lowest BCUT2D eigenvalue weighted by Gasteiger charge is -2.22. The first-order chi connectivity index (χ1) is 7.07. The van der Waals surface area contributed by atoms with Crippen molar-refractivity contribution in [1.29, 1.82) is 0 Å². The fraction of sp³-hybridized carbons (Fsp3) is 0.636. The van der Waals surface area contributed by atoms with Crippen LogP contribution in [0.2, 0.25) is 0 Å². The number of hydrogen-bond acceptors (Lipinski definition) is 4. The van der Waals surface area contributed by atoms with Crippen molar-refractivity contribution in [3.05, 3.63) is 18.1 Å². The molecule has 4 heteroatoms. The van der Waals surface area contributed by atoms with Crippen molar-refractivity contribution in [1.82, 2.24) is 9.97 Å². The van der Waals surface area contributed by atoms with Crippen molar-refractivity contribution in [3.8, 4) is 5.88 Å². The van der Waals surface area contributed by atoms with Crippen molar-refractivity contribution in [2.45, 2.75) is 39.2 Å². The molecule has 0 saturated carbocycles. The molecule has 0 radical (unpaired) electrons. The lowest BCUT2D eigenvalue weighted by Crippen LogP contribution is -2.41. The van der Waals surface area contributed by atoms with Crippen LogP contribution in [0.25, 0.3) is 0 Å². The predicted molar refractivity (Wildman–Crippen MR) is 59.8 cm³/mol. The minimum absolute atomic E-state index is 0.294. The quantitative estimate of drug-likeness (QED) is 0.799. The van der Waals surface area contributed by atoms with Gasteiger partial charge in [-0.15, -0.1) is 0 Å². The molecule has 0 spiro atoms. The van der Waals surface area contributed by atoms with Crippen molar-refractivity contribution < 1.29 is 4.74 Å². The third kappa shape index (κ3) is 3.83. The molecule has 4 nitrogen and oxygen atoms in total. The van der Waals surface area contributed by atoms with E-state index in [0.717, 1.165) is 18.5 Å². The average Bonchev–Trinajstić information content (AvgIpc) is 2.27. The molecule has 0 fully saturated rings. The first-order valence-corrected chi connectivity index (χ1v) is 5.30. The minimum Gasteiger partial charge on any atom is -0.476 e. The molecule has 1 unspecified atom stereocenters. The second-order valence-electron chi connectivity index (χ2n) is 4.00. The van der Waals surface area contributed by atoms with E-state index >= 15 is 0 Å². The Hall–Kier alpha value is -1.16. The van der Waals surface area contributed by atoms with Gasteiger partial charge in [0.2, 0.25) is 5.88 Å². The van der Waals surface area contributed by atoms with Crippen molar-refractivity contribution in [2.24, 2.45) is 5.73 Å². The van der Waals surface area contributed by atoms with E-state index in [2.05, 4.69) is 9.97 Å². The van der Waals surface area contributed by atoms with Gasteiger partial charge in [0.1, 0.15) is 12.9 Å². The molecule has 1 heterocycles. The van der Waals surface area contributed by atoms with Crippen molar-refractivity contribution in [2.75, 3.05) is 6.61 Å². The van der Waals surface area contributed by atoms with E-state index in [0.29, 0.717) is 12.5 Å². The van der Waals surface area contributed by atoms with Gasteiger partial charge in [-0.1, -0.05) is 13.8 Å². The lowest BCUT2D eigenvalue weighted by atomic mass is 10.0. The predicted octanol–water partition coefficient (Wildman–Crippen LogP) is 1.55. The maximum absolute atomic E-state index is 5.97. The number of rotatable bonds is 5. The summed E-state index contributed by atoms with van der Waals surface area (Å²) in [7, 11) is 0. The van der Waals surface area contributed by atoms with Crippen LogP contribution in [0.4, 0.5) is 0 Å². The van der Waals surface area contributed by atoms with Gasteiger partial charge in [-0.25, -0.2) is 9.97 Å². The number of ether oxygens (including phenoxy) is 1. The van der Waals surface area contributed by atoms with Gasteiger partial charge in [-0.3, -0.25) is 0 Å². The smallest absolute Gasteiger partial charge is 0.216 e. The summed E-state index contributed by atoms with van der Waals surface area (Å²) in [5.74, 6) is 0.604. The minimum atomic E-state index is -0.294. The Bertz CT molecular complexity index is 312. The Kier molecular flexibility index (Phi) is 4.03. The van der Waals surface area contributed by atoms with Crippen molar-refractivity contribution >= 4 is 0 Å². The van der Waals surface area contributed by atoms with Gasteiger partial charge >= 0.3 is 0 Å². The number of aromatic nitrogens is 2. The second-order valence-corrected chi connectivity index (χ2v) is 4.00. The molecule has 1 atom stereocenters. The molecule has 0 saturated heterocycles. The Morgan fingerprint density at radius 3 is 2.73 bits per heavy atom. The maximum atomic E-state index is 5.97. The molecule has 15 heavy (non-hydrogen) atoms. The fourth-order valence-corrected chi connectivity index (χ4v) is 0.990. The van der Waals surface area contributed by atoms with E-state index in [1.165, 1.54) is 6.33 Å². The first kappa shape index (κ1) is 11.9. The summed E-state index contributed by atoms with van der Waals surface area (Å²) < 4.78 is 5.53. The zero-order valence-corrected chi connectivity index (χ0v) is 9.66. The highest BCUT2D eigenvalue weighted by Crippen LogP contribution is 2.11. The second kappa shape index (κ2) is 5.07. The fourth-order valence-electron chi connectivity index (χ4n) is 0.990. The van der Waals surface area contributed by atoms with E-state index in [9.17, 15) is 0 Å². The third-order valence-electron chi connectivity index (χ3n) is 2.42. The van der Waals surface area contributed by atoms with Crippen molar-refractivity contribution in [3.63, 3.8) is 0 Å². The van der Waals surface area contributed by atoms with Gasteiger partial charge in [-0.2, -0.15) is 0 Å².